The third-order valence-electron chi connectivity index (χ3n) is 7.02. The molecule has 1 aromatic carbocycles. The Kier molecular flexibility index (Phi) is 5.52. The van der Waals surface area contributed by atoms with Crippen LogP contribution in [0.25, 0.3) is 0 Å². The molecule has 3 heterocycles. The highest BCUT2D eigenvalue weighted by Crippen LogP contribution is 2.33. The Hall–Kier alpha value is -2.32. The zero-order valence-corrected chi connectivity index (χ0v) is 17.2. The number of nitrogens with one attached hydrogen (secondary N) is 3. The van der Waals surface area contributed by atoms with Crippen LogP contribution >= 0.6 is 0 Å². The first kappa shape index (κ1) is 19.6. The first-order chi connectivity index (χ1) is 14.7. The lowest BCUT2D eigenvalue weighted by Crippen LogP contribution is -2.51. The van der Waals surface area contributed by atoms with E-state index in [1.54, 1.807) is 0 Å². The number of hydrogen-bond donors (Lipinski definition) is 3. The lowest BCUT2D eigenvalue weighted by molar-refractivity contribution is -0.138. The Morgan fingerprint density at radius 3 is 2.70 bits per heavy atom. The molecule has 3 unspecified atom stereocenters. The van der Waals surface area contributed by atoms with Crippen LogP contribution in [0.5, 0.6) is 11.5 Å². The first-order valence-corrected chi connectivity index (χ1v) is 11.1. The van der Waals surface area contributed by atoms with E-state index in [1.165, 1.54) is 12.8 Å². The van der Waals surface area contributed by atoms with Crippen molar-refractivity contribution in [3.05, 3.63) is 23.8 Å². The summed E-state index contributed by atoms with van der Waals surface area (Å²) in [4.78, 5) is 27.6. The molecule has 2 amide bonds. The predicted molar refractivity (Wildman–Crippen MR) is 110 cm³/mol. The molecule has 5 rings (SSSR count). The number of likely N-dealkylation sites (tertiary alicyclic amines) is 1. The maximum Gasteiger partial charge on any atom is 0.241 e. The molecule has 0 aromatic heterocycles. The Bertz CT molecular complexity index is 808. The van der Waals surface area contributed by atoms with Gasteiger partial charge < -0.3 is 19.7 Å². The first-order valence-electron chi connectivity index (χ1n) is 11.1. The van der Waals surface area contributed by atoms with E-state index < -0.39 is 0 Å². The lowest BCUT2D eigenvalue weighted by atomic mass is 9.81. The molecule has 3 atom stereocenters. The SMILES string of the molecule is O=C(NCc1ccc2c(c1)OCO2)C1CCN(C(=O)C2NNC3CCCCC32)CC1. The molecule has 0 radical (unpaired) electrons. The van der Waals surface area contributed by atoms with Crippen LogP contribution in [-0.4, -0.2) is 48.7 Å². The Morgan fingerprint density at radius 1 is 1.03 bits per heavy atom. The number of hydrogen-bond acceptors (Lipinski definition) is 6. The van der Waals surface area contributed by atoms with Gasteiger partial charge >= 0.3 is 0 Å². The average Bonchev–Trinajstić information content (AvgIpc) is 3.43. The third-order valence-corrected chi connectivity index (χ3v) is 7.02. The highest BCUT2D eigenvalue weighted by Gasteiger charge is 2.43. The van der Waals surface area contributed by atoms with Crippen LogP contribution in [0.3, 0.4) is 0 Å². The second-order valence-corrected chi connectivity index (χ2v) is 8.83. The molecule has 4 aliphatic rings. The fraction of sp³-hybridized carbons (Fsp3) is 0.636. The van der Waals surface area contributed by atoms with Gasteiger partial charge in [0.25, 0.3) is 0 Å². The molecule has 0 bridgehead atoms. The lowest BCUT2D eigenvalue weighted by Gasteiger charge is -2.35. The predicted octanol–water partition coefficient (Wildman–Crippen LogP) is 1.31. The van der Waals surface area contributed by atoms with Gasteiger partial charge in [-0.15, -0.1) is 0 Å². The zero-order chi connectivity index (χ0) is 20.5. The fourth-order valence-electron chi connectivity index (χ4n) is 5.23. The smallest absolute Gasteiger partial charge is 0.241 e. The van der Waals surface area contributed by atoms with Crippen molar-refractivity contribution in [1.82, 2.24) is 21.1 Å². The molecule has 3 N–H and O–H groups in total. The minimum Gasteiger partial charge on any atom is -0.454 e. The molecule has 30 heavy (non-hydrogen) atoms. The maximum absolute atomic E-state index is 13.0. The van der Waals surface area contributed by atoms with Gasteiger partial charge in [-0.25, -0.2) is 5.43 Å². The zero-order valence-electron chi connectivity index (χ0n) is 17.2. The molecular formula is C22H30N4O4. The highest BCUT2D eigenvalue weighted by atomic mass is 16.7. The average molecular weight is 415 g/mol. The van der Waals surface area contributed by atoms with Gasteiger partial charge in [0.2, 0.25) is 18.6 Å². The number of rotatable bonds is 4. The van der Waals surface area contributed by atoms with Crippen LogP contribution in [0.1, 0.15) is 44.1 Å². The van der Waals surface area contributed by atoms with Gasteiger partial charge in [0, 0.05) is 37.5 Å². The molecule has 162 valence electrons. The van der Waals surface area contributed by atoms with Crippen molar-refractivity contribution in [2.45, 2.75) is 57.2 Å². The number of fused-ring (bicyclic) bond motifs is 2. The van der Waals surface area contributed by atoms with E-state index in [4.69, 9.17) is 9.47 Å². The number of amides is 2. The summed E-state index contributed by atoms with van der Waals surface area (Å²) in [5, 5.41) is 3.04. The number of carbonyl (C=O) groups is 2. The standard InChI is InChI=1S/C22H30N4O4/c27-21(23-12-14-5-6-18-19(11-14)30-13-29-18)15-7-9-26(10-8-15)22(28)20-16-3-1-2-4-17(16)24-25-20/h5-6,11,15-17,20,24-25H,1-4,7-10,12-13H2,(H,23,27). The summed E-state index contributed by atoms with van der Waals surface area (Å²) in [6.07, 6.45) is 6.14. The molecule has 8 nitrogen and oxygen atoms in total. The van der Waals surface area contributed by atoms with Gasteiger partial charge in [-0.2, -0.15) is 0 Å². The largest absolute Gasteiger partial charge is 0.454 e. The van der Waals surface area contributed by atoms with E-state index in [-0.39, 0.29) is 30.6 Å². The van der Waals surface area contributed by atoms with Crippen molar-refractivity contribution < 1.29 is 19.1 Å². The van der Waals surface area contributed by atoms with Gasteiger partial charge in [0.1, 0.15) is 6.04 Å². The number of benzene rings is 1. The summed E-state index contributed by atoms with van der Waals surface area (Å²) < 4.78 is 10.7. The van der Waals surface area contributed by atoms with Crippen molar-refractivity contribution in [3.63, 3.8) is 0 Å². The van der Waals surface area contributed by atoms with Crippen molar-refractivity contribution in [1.29, 1.82) is 0 Å². The number of hydrazine groups is 1. The Morgan fingerprint density at radius 2 is 1.83 bits per heavy atom. The van der Waals surface area contributed by atoms with Crippen molar-refractivity contribution in [2.75, 3.05) is 19.9 Å². The second kappa shape index (κ2) is 8.43. The fourth-order valence-corrected chi connectivity index (χ4v) is 5.23. The van der Waals surface area contributed by atoms with Crippen molar-refractivity contribution >= 4 is 11.8 Å². The topological polar surface area (TPSA) is 91.9 Å². The quantitative estimate of drug-likeness (QED) is 0.688. The summed E-state index contributed by atoms with van der Waals surface area (Å²) in [5.74, 6) is 2.08. The normalized spacial score (nSPS) is 28.3. The molecule has 1 saturated carbocycles. The van der Waals surface area contributed by atoms with Crippen LogP contribution < -0.4 is 25.6 Å². The third kappa shape index (κ3) is 3.86. The summed E-state index contributed by atoms with van der Waals surface area (Å²) in [6.45, 7) is 2.01. The van der Waals surface area contributed by atoms with Crippen LogP contribution in [0.2, 0.25) is 0 Å². The molecule has 3 aliphatic heterocycles. The van der Waals surface area contributed by atoms with Crippen molar-refractivity contribution in [3.8, 4) is 11.5 Å². The van der Waals surface area contributed by atoms with Crippen LogP contribution in [-0.2, 0) is 16.1 Å². The number of ether oxygens (including phenoxy) is 2. The molecule has 1 aromatic rings. The van der Waals surface area contributed by atoms with Crippen LogP contribution in [0, 0.1) is 11.8 Å². The monoisotopic (exact) mass is 414 g/mol. The van der Waals surface area contributed by atoms with E-state index in [9.17, 15) is 9.59 Å². The number of carbonyl (C=O) groups excluding carboxylic acids is 2. The summed E-state index contributed by atoms with van der Waals surface area (Å²) >= 11 is 0. The van der Waals surface area contributed by atoms with E-state index in [2.05, 4.69) is 16.2 Å². The number of nitrogens with zero attached hydrogens (tertiary/aromatic N) is 1. The maximum atomic E-state index is 13.0. The van der Waals surface area contributed by atoms with Crippen molar-refractivity contribution in [2.24, 2.45) is 11.8 Å². The van der Waals surface area contributed by atoms with Gasteiger partial charge in [0.15, 0.2) is 11.5 Å². The summed E-state index contributed by atoms with van der Waals surface area (Å²) in [6, 6.07) is 6.02. The van der Waals surface area contributed by atoms with E-state index >= 15 is 0 Å². The van der Waals surface area contributed by atoms with E-state index in [0.717, 1.165) is 29.9 Å². The molecule has 2 saturated heterocycles. The van der Waals surface area contributed by atoms with Crippen LogP contribution in [0.4, 0.5) is 0 Å². The minimum atomic E-state index is -0.119. The molecule has 1 aliphatic carbocycles. The highest BCUT2D eigenvalue weighted by molar-refractivity contribution is 5.83. The Labute approximate surface area is 176 Å². The number of piperidine rings is 1. The molecule has 3 fully saturated rings. The van der Waals surface area contributed by atoms with Gasteiger partial charge in [-0.1, -0.05) is 18.9 Å². The molecular weight excluding hydrogens is 384 g/mol. The minimum absolute atomic E-state index is 0.0415. The van der Waals surface area contributed by atoms with Crippen LogP contribution in [0.15, 0.2) is 18.2 Å². The van der Waals surface area contributed by atoms with E-state index in [0.29, 0.717) is 44.4 Å². The van der Waals surface area contributed by atoms with Gasteiger partial charge in [0.05, 0.1) is 0 Å². The van der Waals surface area contributed by atoms with Gasteiger partial charge in [-0.05, 0) is 43.4 Å². The summed E-state index contributed by atoms with van der Waals surface area (Å²) in [5.41, 5.74) is 7.56. The van der Waals surface area contributed by atoms with Gasteiger partial charge in [-0.3, -0.25) is 15.0 Å². The second-order valence-electron chi connectivity index (χ2n) is 8.83. The van der Waals surface area contributed by atoms with E-state index in [1.807, 2.05) is 23.1 Å². The summed E-state index contributed by atoms with van der Waals surface area (Å²) in [7, 11) is 0. The molecule has 0 spiro atoms. The Balaban J connectivity index is 1.10. The molecule has 8 heteroatoms.